The van der Waals surface area contributed by atoms with Gasteiger partial charge in [-0.2, -0.15) is 0 Å². The number of halogens is 1. The van der Waals surface area contributed by atoms with Gasteiger partial charge in [-0.05, 0) is 66.2 Å². The predicted octanol–water partition coefficient (Wildman–Crippen LogP) is 5.62. The van der Waals surface area contributed by atoms with Gasteiger partial charge in [0.05, 0.1) is 22.5 Å². The number of amides is 2. The number of fused-ring (bicyclic) bond motifs is 9. The lowest BCUT2D eigenvalue weighted by atomic mass is 9.68. The molecule has 2 aromatic carbocycles. The molecule has 7 atom stereocenters. The van der Waals surface area contributed by atoms with Crippen molar-refractivity contribution in [3.05, 3.63) is 74.8 Å². The number of aromatic nitrogens is 1. The van der Waals surface area contributed by atoms with Crippen LogP contribution in [0.2, 0.25) is 0 Å². The van der Waals surface area contributed by atoms with Gasteiger partial charge in [-0.15, -0.1) is 23.1 Å². The van der Waals surface area contributed by atoms with Crippen LogP contribution in [0.15, 0.2) is 59.6 Å². The first-order chi connectivity index (χ1) is 16.0. The van der Waals surface area contributed by atoms with Crippen LogP contribution < -0.4 is 4.90 Å². The van der Waals surface area contributed by atoms with E-state index in [1.807, 2.05) is 42.5 Å². The van der Waals surface area contributed by atoms with Crippen molar-refractivity contribution in [3.8, 4) is 0 Å². The molecule has 1 N–H and O–H groups in total. The molecule has 2 aliphatic heterocycles. The van der Waals surface area contributed by atoms with E-state index in [-0.39, 0.29) is 58.4 Å². The van der Waals surface area contributed by atoms with Crippen molar-refractivity contribution in [2.75, 3.05) is 4.90 Å². The number of H-pyrrole nitrogens is 1. The summed E-state index contributed by atoms with van der Waals surface area (Å²) in [7, 11) is 0. The van der Waals surface area contributed by atoms with Crippen LogP contribution >= 0.6 is 35.3 Å². The van der Waals surface area contributed by atoms with Gasteiger partial charge < -0.3 is 4.98 Å². The summed E-state index contributed by atoms with van der Waals surface area (Å²) >= 11 is 8.85. The van der Waals surface area contributed by atoms with E-state index in [0.29, 0.717) is 5.69 Å². The average molecular weight is 495 g/mol. The van der Waals surface area contributed by atoms with Crippen molar-refractivity contribution >= 4 is 52.8 Å². The number of imide groups is 1. The highest BCUT2D eigenvalue weighted by Crippen LogP contribution is 2.68. The second-order valence-corrected chi connectivity index (χ2v) is 12.3. The zero-order valence-electron chi connectivity index (χ0n) is 17.3. The number of carbonyl (C=O) groups excluding carboxylic acids is 2. The zero-order valence-corrected chi connectivity index (χ0v) is 19.8. The Morgan fingerprint density at radius 2 is 1.67 bits per heavy atom. The van der Waals surface area contributed by atoms with E-state index in [9.17, 15) is 14.0 Å². The minimum atomic E-state index is -0.277. The molecule has 2 aliphatic carbocycles. The molecule has 2 bridgehead atoms. The summed E-state index contributed by atoms with van der Waals surface area (Å²) in [5.74, 6) is -0.357. The first-order valence-electron chi connectivity index (χ1n) is 11.1. The van der Waals surface area contributed by atoms with Gasteiger partial charge in [0, 0.05) is 16.0 Å². The van der Waals surface area contributed by atoms with Gasteiger partial charge in [0.15, 0.2) is 3.95 Å². The molecule has 166 valence electrons. The number of nitrogens with zero attached hydrogens (tertiary/aromatic N) is 1. The second kappa shape index (κ2) is 7.10. The molecule has 8 heteroatoms. The lowest BCUT2D eigenvalue weighted by Gasteiger charge is -2.43. The van der Waals surface area contributed by atoms with Crippen molar-refractivity contribution in [1.29, 1.82) is 0 Å². The molecule has 0 radical (unpaired) electrons. The number of thioether (sulfide) groups is 1. The van der Waals surface area contributed by atoms with E-state index in [1.54, 1.807) is 23.1 Å². The summed E-state index contributed by atoms with van der Waals surface area (Å²) in [6.45, 7) is 0. The van der Waals surface area contributed by atoms with Crippen LogP contribution in [0.5, 0.6) is 0 Å². The number of para-hydroxylation sites is 1. The molecule has 4 nitrogen and oxygen atoms in total. The van der Waals surface area contributed by atoms with Crippen LogP contribution in [0.4, 0.5) is 10.1 Å². The zero-order chi connectivity index (χ0) is 22.4. The maximum atomic E-state index is 13.7. The lowest BCUT2D eigenvalue weighted by molar-refractivity contribution is -0.123. The minimum absolute atomic E-state index is 0.0504. The molecule has 3 fully saturated rings. The second-order valence-electron chi connectivity index (χ2n) is 9.36. The normalized spacial score (nSPS) is 33.8. The number of benzene rings is 2. The Bertz CT molecular complexity index is 1350. The summed E-state index contributed by atoms with van der Waals surface area (Å²) < 4.78 is 14.5. The van der Waals surface area contributed by atoms with Crippen LogP contribution in [0.1, 0.15) is 22.8 Å². The number of hydrogen-bond donors (Lipinski definition) is 1. The summed E-state index contributed by atoms with van der Waals surface area (Å²) in [5, 5.41) is 1.30. The Morgan fingerprint density at radius 3 is 2.39 bits per heavy atom. The van der Waals surface area contributed by atoms with Crippen molar-refractivity contribution in [3.63, 3.8) is 0 Å². The number of hydrogen-bond acceptors (Lipinski definition) is 5. The smallest absolute Gasteiger partial charge is 0.238 e. The van der Waals surface area contributed by atoms with Crippen molar-refractivity contribution in [2.45, 2.75) is 22.6 Å². The maximum Gasteiger partial charge on any atom is 0.238 e. The number of thiazole rings is 1. The average Bonchev–Trinajstić information content (AvgIpc) is 3.54. The third kappa shape index (κ3) is 2.71. The Kier molecular flexibility index (Phi) is 4.33. The van der Waals surface area contributed by atoms with Crippen molar-refractivity contribution < 1.29 is 14.0 Å². The van der Waals surface area contributed by atoms with E-state index >= 15 is 0 Å². The van der Waals surface area contributed by atoms with Gasteiger partial charge in [0.25, 0.3) is 0 Å². The molecule has 33 heavy (non-hydrogen) atoms. The van der Waals surface area contributed by atoms with E-state index in [2.05, 4.69) is 4.98 Å². The largest absolute Gasteiger partial charge is 0.332 e. The van der Waals surface area contributed by atoms with Gasteiger partial charge >= 0.3 is 0 Å². The molecule has 0 spiro atoms. The monoisotopic (exact) mass is 494 g/mol. The third-order valence-electron chi connectivity index (χ3n) is 7.97. The standard InChI is InChI=1S/C25H19FN2O2S3/c26-12-8-6-11(7-9-12)16-17-14-10-15(20(17)32-22-21(16)33-25(31)27-22)19-18(14)23(29)28(24(19)30)13-4-2-1-3-5-13/h1-9,14-20H,10H2,(H,27,31). The number of nitrogens with one attached hydrogen (secondary N) is 1. The van der Waals surface area contributed by atoms with E-state index in [0.717, 1.165) is 21.0 Å². The van der Waals surface area contributed by atoms with Crippen LogP contribution in [0, 0.1) is 39.4 Å². The fourth-order valence-corrected chi connectivity index (χ4v) is 10.2. The molecule has 7 rings (SSSR count). The summed E-state index contributed by atoms with van der Waals surface area (Å²) in [5.41, 5.74) is 1.72. The van der Waals surface area contributed by atoms with E-state index in [1.165, 1.54) is 21.9 Å². The molecule has 2 amide bonds. The van der Waals surface area contributed by atoms with E-state index in [4.69, 9.17) is 12.2 Å². The number of aromatic amines is 1. The molecule has 3 heterocycles. The molecule has 2 saturated carbocycles. The fourth-order valence-electron chi connectivity index (χ4n) is 6.89. The lowest BCUT2D eigenvalue weighted by Crippen LogP contribution is -2.42. The summed E-state index contributed by atoms with van der Waals surface area (Å²) in [6, 6.07) is 16.0. The van der Waals surface area contributed by atoms with Crippen LogP contribution in [0.3, 0.4) is 0 Å². The fraction of sp³-hybridized carbons (Fsp3) is 0.320. The van der Waals surface area contributed by atoms with Gasteiger partial charge in [-0.1, -0.05) is 30.3 Å². The van der Waals surface area contributed by atoms with Gasteiger partial charge in [0.2, 0.25) is 11.8 Å². The highest BCUT2D eigenvalue weighted by atomic mass is 32.2. The number of carbonyl (C=O) groups is 2. The van der Waals surface area contributed by atoms with Gasteiger partial charge in [0.1, 0.15) is 5.82 Å². The highest BCUT2D eigenvalue weighted by Gasteiger charge is 2.69. The number of anilines is 1. The Morgan fingerprint density at radius 1 is 0.970 bits per heavy atom. The first-order valence-corrected chi connectivity index (χ1v) is 13.2. The van der Waals surface area contributed by atoms with Gasteiger partial charge in [-0.25, -0.2) is 4.39 Å². The van der Waals surface area contributed by atoms with Crippen molar-refractivity contribution in [1.82, 2.24) is 4.98 Å². The third-order valence-corrected chi connectivity index (χ3v) is 10.9. The quantitative estimate of drug-likeness (QED) is 0.371. The maximum absolute atomic E-state index is 13.7. The highest BCUT2D eigenvalue weighted by molar-refractivity contribution is 8.00. The molecule has 7 unspecified atom stereocenters. The molecule has 1 saturated heterocycles. The molecular weight excluding hydrogens is 475 g/mol. The Balaban J connectivity index is 1.34. The molecule has 4 aliphatic rings. The first kappa shape index (κ1) is 20.1. The summed E-state index contributed by atoms with van der Waals surface area (Å²) in [6.07, 6.45) is 0.894. The molecular formula is C25H19FN2O2S3. The number of rotatable bonds is 2. The topological polar surface area (TPSA) is 53.2 Å². The molecule has 3 aromatic rings. The SMILES string of the molecule is O=C1C2C3CC(C2C(=O)N1c1ccccc1)C1C(c2ccc(F)cc2)c2sc(=S)[nH]c2SC31. The minimum Gasteiger partial charge on any atom is -0.332 e. The Labute approximate surface area is 203 Å². The van der Waals surface area contributed by atoms with E-state index < -0.39 is 0 Å². The predicted molar refractivity (Wildman–Crippen MR) is 128 cm³/mol. The van der Waals surface area contributed by atoms with Gasteiger partial charge in [-0.3, -0.25) is 14.5 Å². The van der Waals surface area contributed by atoms with Crippen LogP contribution in [-0.2, 0) is 9.59 Å². The van der Waals surface area contributed by atoms with Crippen LogP contribution in [0.25, 0.3) is 0 Å². The summed E-state index contributed by atoms with van der Waals surface area (Å²) in [4.78, 5) is 33.1. The van der Waals surface area contributed by atoms with Crippen LogP contribution in [-0.4, -0.2) is 22.0 Å². The Hall–Kier alpha value is -2.29. The van der Waals surface area contributed by atoms with Crippen molar-refractivity contribution in [2.24, 2.45) is 29.6 Å². The molecule has 1 aromatic heterocycles.